The van der Waals surface area contributed by atoms with Crippen molar-refractivity contribution in [3.8, 4) is 5.75 Å². The fraction of sp³-hybridized carbons (Fsp3) is 0.526. The molecule has 1 aromatic carbocycles. The van der Waals surface area contributed by atoms with Crippen molar-refractivity contribution in [3.05, 3.63) is 28.8 Å². The lowest BCUT2D eigenvalue weighted by atomic mass is 10.1. The summed E-state index contributed by atoms with van der Waals surface area (Å²) in [6.07, 6.45) is 2.28. The topological polar surface area (TPSA) is 165 Å². The van der Waals surface area contributed by atoms with Gasteiger partial charge in [0.2, 0.25) is 17.7 Å². The maximum Gasteiger partial charge on any atom is 0.240 e. The van der Waals surface area contributed by atoms with E-state index >= 15 is 0 Å². The molecule has 0 bridgehead atoms. The standard InChI is InChI=1S/C19H28ClN5O4/c20-13-7-11(4-5-16(13)26)8-17(27)25-10-12(9-15(25)18(23)28)24-19(29)14(22)3-1-2-6-21/h4-5,7,12,14-15,26H,1-3,6,8-10,21-22H2,(H2,23,28)(H,24,29)/t12-,14-,15-/m0/s1. The molecular weight excluding hydrogens is 398 g/mol. The number of hydrogen-bond donors (Lipinski definition) is 5. The summed E-state index contributed by atoms with van der Waals surface area (Å²) >= 11 is 5.88. The van der Waals surface area contributed by atoms with Gasteiger partial charge in [-0.05, 0) is 43.5 Å². The minimum Gasteiger partial charge on any atom is -0.506 e. The van der Waals surface area contributed by atoms with Crippen molar-refractivity contribution in [1.29, 1.82) is 0 Å². The van der Waals surface area contributed by atoms with E-state index in [-0.39, 0.29) is 42.0 Å². The van der Waals surface area contributed by atoms with Gasteiger partial charge in [0.25, 0.3) is 0 Å². The lowest BCUT2D eigenvalue weighted by Crippen LogP contribution is -2.47. The Labute approximate surface area is 174 Å². The number of nitrogens with two attached hydrogens (primary N) is 3. The number of likely N-dealkylation sites (tertiary alicyclic amines) is 1. The van der Waals surface area contributed by atoms with E-state index in [1.165, 1.54) is 17.0 Å². The number of primary amides is 1. The number of nitrogens with one attached hydrogen (secondary N) is 1. The molecule has 0 radical (unpaired) electrons. The van der Waals surface area contributed by atoms with Crippen LogP contribution in [0.2, 0.25) is 5.02 Å². The summed E-state index contributed by atoms with van der Waals surface area (Å²) in [5.74, 6) is -1.36. The number of carbonyl (C=O) groups is 3. The third kappa shape index (κ3) is 6.31. The zero-order chi connectivity index (χ0) is 21.6. The van der Waals surface area contributed by atoms with Crippen LogP contribution in [0, 0.1) is 0 Å². The molecule has 9 nitrogen and oxygen atoms in total. The van der Waals surface area contributed by atoms with E-state index in [4.69, 9.17) is 28.8 Å². The Balaban J connectivity index is 1.98. The fourth-order valence-corrected chi connectivity index (χ4v) is 3.57. The van der Waals surface area contributed by atoms with E-state index in [2.05, 4.69) is 5.32 Å². The van der Waals surface area contributed by atoms with Crippen molar-refractivity contribution in [1.82, 2.24) is 10.2 Å². The van der Waals surface area contributed by atoms with Crippen LogP contribution in [-0.4, -0.2) is 58.9 Å². The zero-order valence-electron chi connectivity index (χ0n) is 16.1. The Morgan fingerprint density at radius 1 is 1.31 bits per heavy atom. The minimum absolute atomic E-state index is 0.0109. The number of nitrogens with zero attached hydrogens (tertiary/aromatic N) is 1. The van der Waals surface area contributed by atoms with Gasteiger partial charge in [-0.2, -0.15) is 0 Å². The molecule has 29 heavy (non-hydrogen) atoms. The van der Waals surface area contributed by atoms with E-state index in [0.717, 1.165) is 12.8 Å². The number of hydrogen-bond acceptors (Lipinski definition) is 6. The minimum atomic E-state index is -0.811. The van der Waals surface area contributed by atoms with E-state index < -0.39 is 24.0 Å². The number of benzene rings is 1. The highest BCUT2D eigenvalue weighted by molar-refractivity contribution is 6.32. The Morgan fingerprint density at radius 2 is 2.03 bits per heavy atom. The van der Waals surface area contributed by atoms with Gasteiger partial charge in [-0.25, -0.2) is 0 Å². The number of carbonyl (C=O) groups excluding carboxylic acids is 3. The predicted octanol–water partition coefficient (Wildman–Crippen LogP) is -0.385. The van der Waals surface area contributed by atoms with Crippen LogP contribution in [0.25, 0.3) is 0 Å². The van der Waals surface area contributed by atoms with Crippen molar-refractivity contribution < 1.29 is 19.5 Å². The van der Waals surface area contributed by atoms with Gasteiger partial charge in [0.15, 0.2) is 0 Å². The first-order valence-electron chi connectivity index (χ1n) is 9.55. The molecule has 1 saturated heterocycles. The summed E-state index contributed by atoms with van der Waals surface area (Å²) < 4.78 is 0. The maximum atomic E-state index is 12.7. The molecule has 1 fully saturated rings. The lowest BCUT2D eigenvalue weighted by Gasteiger charge is -2.22. The van der Waals surface area contributed by atoms with Crippen LogP contribution in [0.15, 0.2) is 18.2 Å². The highest BCUT2D eigenvalue weighted by Crippen LogP contribution is 2.25. The molecule has 1 aromatic rings. The predicted molar refractivity (Wildman–Crippen MR) is 109 cm³/mol. The van der Waals surface area contributed by atoms with Crippen molar-refractivity contribution in [2.75, 3.05) is 13.1 Å². The second-order valence-electron chi connectivity index (χ2n) is 7.26. The molecule has 2 rings (SSSR count). The maximum absolute atomic E-state index is 12.7. The summed E-state index contributed by atoms with van der Waals surface area (Å²) in [5, 5.41) is 12.4. The van der Waals surface area contributed by atoms with Crippen molar-refractivity contribution in [2.45, 2.75) is 50.2 Å². The summed E-state index contributed by atoms with van der Waals surface area (Å²) in [4.78, 5) is 38.2. The summed E-state index contributed by atoms with van der Waals surface area (Å²) in [5.41, 5.74) is 17.4. The van der Waals surface area contributed by atoms with Gasteiger partial charge in [0.05, 0.1) is 17.5 Å². The Bertz CT molecular complexity index is 760. The van der Waals surface area contributed by atoms with Gasteiger partial charge < -0.3 is 32.5 Å². The SMILES string of the molecule is NCCCC[C@H](N)C(=O)N[C@H]1C[C@@H](C(N)=O)N(C(=O)Cc2ccc(O)c(Cl)c2)C1. The molecule has 1 heterocycles. The van der Waals surface area contributed by atoms with Crippen LogP contribution in [0.4, 0.5) is 0 Å². The number of unbranched alkanes of at least 4 members (excludes halogenated alkanes) is 1. The van der Waals surface area contributed by atoms with Gasteiger partial charge in [0.1, 0.15) is 11.8 Å². The zero-order valence-corrected chi connectivity index (χ0v) is 16.9. The van der Waals surface area contributed by atoms with Crippen molar-refractivity contribution >= 4 is 29.3 Å². The first-order valence-corrected chi connectivity index (χ1v) is 9.93. The van der Waals surface area contributed by atoms with E-state index in [1.807, 2.05) is 0 Å². The quantitative estimate of drug-likeness (QED) is 0.338. The third-order valence-electron chi connectivity index (χ3n) is 4.97. The fourth-order valence-electron chi connectivity index (χ4n) is 3.37. The number of phenols is 1. The number of phenolic OH excluding ortho intramolecular Hbond substituents is 1. The van der Waals surface area contributed by atoms with E-state index in [1.54, 1.807) is 6.07 Å². The molecule has 0 aliphatic carbocycles. The van der Waals surface area contributed by atoms with Crippen molar-refractivity contribution in [3.63, 3.8) is 0 Å². The highest BCUT2D eigenvalue weighted by Gasteiger charge is 2.39. The first kappa shape index (κ1) is 22.9. The van der Waals surface area contributed by atoms with Crippen LogP contribution >= 0.6 is 11.6 Å². The molecule has 10 heteroatoms. The summed E-state index contributed by atoms with van der Waals surface area (Å²) in [7, 11) is 0. The Kier molecular flexibility index (Phi) is 8.24. The first-order chi connectivity index (χ1) is 13.7. The monoisotopic (exact) mass is 425 g/mol. The number of rotatable bonds is 9. The molecule has 1 aliphatic heterocycles. The van der Waals surface area contributed by atoms with Crippen molar-refractivity contribution in [2.24, 2.45) is 17.2 Å². The molecule has 8 N–H and O–H groups in total. The van der Waals surface area contributed by atoms with Crippen LogP contribution in [0.3, 0.4) is 0 Å². The van der Waals surface area contributed by atoms with Gasteiger partial charge in [-0.15, -0.1) is 0 Å². The summed E-state index contributed by atoms with van der Waals surface area (Å²) in [6.45, 7) is 0.708. The molecule has 3 amide bonds. The third-order valence-corrected chi connectivity index (χ3v) is 5.27. The molecule has 160 valence electrons. The van der Waals surface area contributed by atoms with E-state index in [0.29, 0.717) is 18.5 Å². The average molecular weight is 426 g/mol. The average Bonchev–Trinajstić information content (AvgIpc) is 3.09. The second-order valence-corrected chi connectivity index (χ2v) is 7.67. The van der Waals surface area contributed by atoms with Gasteiger partial charge in [0, 0.05) is 12.6 Å². The van der Waals surface area contributed by atoms with Gasteiger partial charge in [-0.1, -0.05) is 24.1 Å². The molecule has 1 aliphatic rings. The van der Waals surface area contributed by atoms with Crippen LogP contribution in [-0.2, 0) is 20.8 Å². The van der Waals surface area contributed by atoms with Gasteiger partial charge in [-0.3, -0.25) is 14.4 Å². The van der Waals surface area contributed by atoms with Crippen LogP contribution in [0.5, 0.6) is 5.75 Å². The Hall–Kier alpha value is -2.36. The number of halogens is 1. The lowest BCUT2D eigenvalue weighted by molar-refractivity contribution is -0.136. The molecule has 0 unspecified atom stereocenters. The molecule has 0 saturated carbocycles. The Morgan fingerprint density at radius 3 is 2.66 bits per heavy atom. The normalized spacial score (nSPS) is 19.8. The molecular formula is C19H28ClN5O4. The van der Waals surface area contributed by atoms with E-state index in [9.17, 15) is 19.5 Å². The number of aromatic hydroxyl groups is 1. The highest BCUT2D eigenvalue weighted by atomic mass is 35.5. The van der Waals surface area contributed by atoms with Gasteiger partial charge >= 0.3 is 0 Å². The largest absolute Gasteiger partial charge is 0.506 e. The second kappa shape index (κ2) is 10.4. The van der Waals surface area contributed by atoms with Crippen LogP contribution < -0.4 is 22.5 Å². The summed E-state index contributed by atoms with van der Waals surface area (Å²) in [6, 6.07) is 2.58. The molecule has 0 spiro atoms. The molecule has 3 atom stereocenters. The molecule has 0 aromatic heterocycles. The number of amides is 3. The van der Waals surface area contributed by atoms with Crippen LogP contribution in [0.1, 0.15) is 31.2 Å². The smallest absolute Gasteiger partial charge is 0.240 e.